The number of aromatic amines is 1. The van der Waals surface area contributed by atoms with Crippen molar-refractivity contribution in [2.45, 2.75) is 19.3 Å². The highest BCUT2D eigenvalue weighted by atomic mass is 16.2. The number of aromatic nitrogens is 2. The number of carbonyl (C=O) groups excluding carboxylic acids is 2. The maximum atomic E-state index is 12.5. The van der Waals surface area contributed by atoms with Crippen LogP contribution in [-0.4, -0.2) is 57.8 Å². The minimum absolute atomic E-state index is 0.00836. The van der Waals surface area contributed by atoms with Crippen molar-refractivity contribution in [3.8, 4) is 0 Å². The average Bonchev–Trinajstić information content (AvgIpc) is 2.79. The molecule has 2 aromatic carbocycles. The Kier molecular flexibility index (Phi) is 5.88. The largest absolute Gasteiger partial charge is 0.339 e. The average molecular weight is 404 g/mol. The van der Waals surface area contributed by atoms with Crippen LogP contribution in [0.3, 0.4) is 0 Å². The molecule has 1 aromatic heterocycles. The summed E-state index contributed by atoms with van der Waals surface area (Å²) in [4.78, 5) is 48.1. The molecule has 0 unspecified atom stereocenters. The van der Waals surface area contributed by atoms with E-state index in [-0.39, 0.29) is 17.4 Å². The van der Waals surface area contributed by atoms with Crippen molar-refractivity contribution in [2.75, 3.05) is 26.2 Å². The van der Waals surface area contributed by atoms with Gasteiger partial charge < -0.3 is 14.8 Å². The molecule has 1 fully saturated rings. The molecule has 2 amide bonds. The van der Waals surface area contributed by atoms with Gasteiger partial charge >= 0.3 is 0 Å². The number of piperazine rings is 1. The summed E-state index contributed by atoms with van der Waals surface area (Å²) in [7, 11) is 0. The number of para-hydroxylation sites is 1. The summed E-state index contributed by atoms with van der Waals surface area (Å²) in [6.45, 7) is 2.17. The van der Waals surface area contributed by atoms with Crippen LogP contribution in [0.2, 0.25) is 0 Å². The van der Waals surface area contributed by atoms with Crippen LogP contribution in [0.25, 0.3) is 10.9 Å². The summed E-state index contributed by atoms with van der Waals surface area (Å²) in [6.07, 6.45) is 1.55. The van der Waals surface area contributed by atoms with Gasteiger partial charge in [0.25, 0.3) is 11.5 Å². The first-order valence-electron chi connectivity index (χ1n) is 10.2. The Hall–Kier alpha value is -3.48. The minimum Gasteiger partial charge on any atom is -0.339 e. The van der Waals surface area contributed by atoms with Gasteiger partial charge in [0.05, 0.1) is 10.9 Å². The van der Waals surface area contributed by atoms with Crippen molar-refractivity contribution in [1.82, 2.24) is 19.8 Å². The van der Waals surface area contributed by atoms with Crippen molar-refractivity contribution in [3.63, 3.8) is 0 Å². The molecule has 0 radical (unpaired) electrons. The number of hydrogen-bond donors (Lipinski definition) is 1. The van der Waals surface area contributed by atoms with Gasteiger partial charge in [-0.2, -0.15) is 0 Å². The van der Waals surface area contributed by atoms with E-state index < -0.39 is 0 Å². The van der Waals surface area contributed by atoms with E-state index in [1.807, 2.05) is 53.4 Å². The number of amides is 2. The van der Waals surface area contributed by atoms with Crippen LogP contribution in [0.4, 0.5) is 0 Å². The van der Waals surface area contributed by atoms with Crippen molar-refractivity contribution < 1.29 is 9.59 Å². The Morgan fingerprint density at radius 1 is 0.900 bits per heavy atom. The highest BCUT2D eigenvalue weighted by molar-refractivity contribution is 5.94. The lowest BCUT2D eigenvalue weighted by molar-refractivity contribution is -0.132. The smallest absolute Gasteiger partial charge is 0.258 e. The number of benzene rings is 2. The van der Waals surface area contributed by atoms with E-state index in [2.05, 4.69) is 9.97 Å². The fourth-order valence-corrected chi connectivity index (χ4v) is 3.74. The highest BCUT2D eigenvalue weighted by Crippen LogP contribution is 2.11. The number of rotatable bonds is 5. The number of carbonyl (C=O) groups is 2. The third-order valence-electron chi connectivity index (χ3n) is 5.41. The van der Waals surface area contributed by atoms with Crippen LogP contribution >= 0.6 is 0 Å². The first-order chi connectivity index (χ1) is 14.6. The van der Waals surface area contributed by atoms with E-state index in [4.69, 9.17) is 0 Å². The van der Waals surface area contributed by atoms with Gasteiger partial charge in [-0.25, -0.2) is 4.98 Å². The minimum atomic E-state index is -0.152. The normalized spacial score (nSPS) is 14.1. The second-order valence-electron chi connectivity index (χ2n) is 7.42. The molecule has 0 bridgehead atoms. The molecule has 3 aromatic rings. The molecule has 0 spiro atoms. The number of hydrogen-bond acceptors (Lipinski definition) is 4. The second-order valence-corrected chi connectivity index (χ2v) is 7.42. The lowest BCUT2D eigenvalue weighted by atomic mass is 10.1. The lowest BCUT2D eigenvalue weighted by Crippen LogP contribution is -2.50. The fraction of sp³-hybridized carbons (Fsp3) is 0.304. The quantitative estimate of drug-likeness (QED) is 0.707. The van der Waals surface area contributed by atoms with E-state index in [1.54, 1.807) is 11.0 Å². The van der Waals surface area contributed by atoms with Gasteiger partial charge in [0.2, 0.25) is 5.91 Å². The second kappa shape index (κ2) is 8.90. The number of nitrogens with zero attached hydrogens (tertiary/aromatic N) is 3. The topological polar surface area (TPSA) is 86.4 Å². The molecule has 4 rings (SSSR count). The van der Waals surface area contributed by atoms with Gasteiger partial charge in [-0.3, -0.25) is 14.4 Å². The number of H-pyrrole nitrogens is 1. The first-order valence-corrected chi connectivity index (χ1v) is 10.2. The van der Waals surface area contributed by atoms with Crippen LogP contribution in [0.1, 0.15) is 29.0 Å². The molecule has 30 heavy (non-hydrogen) atoms. The van der Waals surface area contributed by atoms with Crippen molar-refractivity contribution in [1.29, 1.82) is 0 Å². The summed E-state index contributed by atoms with van der Waals surface area (Å²) < 4.78 is 0. The van der Waals surface area contributed by atoms with Crippen LogP contribution in [0.5, 0.6) is 0 Å². The van der Waals surface area contributed by atoms with Gasteiger partial charge in [-0.1, -0.05) is 30.3 Å². The van der Waals surface area contributed by atoms with Crippen molar-refractivity contribution in [2.24, 2.45) is 0 Å². The molecule has 7 nitrogen and oxygen atoms in total. The van der Waals surface area contributed by atoms with Gasteiger partial charge in [-0.15, -0.1) is 0 Å². The van der Waals surface area contributed by atoms with Crippen molar-refractivity contribution in [3.05, 3.63) is 76.3 Å². The zero-order valence-electron chi connectivity index (χ0n) is 16.7. The Bertz CT molecular complexity index is 1100. The predicted octanol–water partition coefficient (Wildman–Crippen LogP) is 2.23. The molecular formula is C23H24N4O3. The molecule has 1 aliphatic rings. The van der Waals surface area contributed by atoms with Gasteiger partial charge in [0, 0.05) is 44.6 Å². The first kappa shape index (κ1) is 19.8. The van der Waals surface area contributed by atoms with E-state index >= 15 is 0 Å². The maximum Gasteiger partial charge on any atom is 0.258 e. The molecule has 7 heteroatoms. The molecule has 154 valence electrons. The van der Waals surface area contributed by atoms with Gasteiger partial charge in [0.15, 0.2) is 0 Å². The SMILES string of the molecule is O=C(CCCc1nc2ccccc2c(=O)[nH]1)N1CCN(C(=O)c2ccccc2)CC1. The number of nitrogens with one attached hydrogen (secondary N) is 1. The Morgan fingerprint density at radius 3 is 2.33 bits per heavy atom. The number of fused-ring (bicyclic) bond motifs is 1. The van der Waals surface area contributed by atoms with Crippen LogP contribution in [0, 0.1) is 0 Å². The molecule has 1 saturated heterocycles. The van der Waals surface area contributed by atoms with Crippen LogP contribution in [0.15, 0.2) is 59.4 Å². The number of aryl methyl sites for hydroxylation is 1. The van der Waals surface area contributed by atoms with Crippen LogP contribution < -0.4 is 5.56 Å². The van der Waals surface area contributed by atoms with E-state index in [9.17, 15) is 14.4 Å². The van der Waals surface area contributed by atoms with Gasteiger partial charge in [0.1, 0.15) is 5.82 Å². The Morgan fingerprint density at radius 2 is 1.57 bits per heavy atom. The molecule has 2 heterocycles. The van der Waals surface area contributed by atoms with E-state index in [0.29, 0.717) is 67.7 Å². The monoisotopic (exact) mass is 404 g/mol. The fourth-order valence-electron chi connectivity index (χ4n) is 3.74. The van der Waals surface area contributed by atoms with Crippen molar-refractivity contribution >= 4 is 22.7 Å². The third kappa shape index (κ3) is 4.40. The summed E-state index contributed by atoms with van der Waals surface area (Å²) in [6, 6.07) is 16.4. The third-order valence-corrected chi connectivity index (χ3v) is 5.41. The lowest BCUT2D eigenvalue weighted by Gasteiger charge is -2.35. The standard InChI is InChI=1S/C23H24N4O3/c28-21(12-6-11-20-24-19-10-5-4-9-18(19)22(29)25-20)26-13-15-27(16-14-26)23(30)17-7-2-1-3-8-17/h1-5,7-10H,6,11-16H2,(H,24,25,29). The molecule has 0 saturated carbocycles. The Balaban J connectivity index is 1.26. The highest BCUT2D eigenvalue weighted by Gasteiger charge is 2.24. The summed E-state index contributed by atoms with van der Waals surface area (Å²) in [5.74, 6) is 0.684. The molecule has 1 aliphatic heterocycles. The molecule has 1 N–H and O–H groups in total. The summed E-state index contributed by atoms with van der Waals surface area (Å²) >= 11 is 0. The zero-order chi connectivity index (χ0) is 20.9. The van der Waals surface area contributed by atoms with E-state index in [1.165, 1.54) is 0 Å². The molecule has 0 atom stereocenters. The van der Waals surface area contributed by atoms with Gasteiger partial charge in [-0.05, 0) is 30.7 Å². The summed E-state index contributed by atoms with van der Waals surface area (Å²) in [5.41, 5.74) is 1.19. The van der Waals surface area contributed by atoms with Crippen LogP contribution in [-0.2, 0) is 11.2 Å². The Labute approximate surface area is 174 Å². The molecule has 0 aliphatic carbocycles. The zero-order valence-corrected chi connectivity index (χ0v) is 16.7. The van der Waals surface area contributed by atoms with E-state index in [0.717, 1.165) is 0 Å². The molecular weight excluding hydrogens is 380 g/mol. The maximum absolute atomic E-state index is 12.5. The summed E-state index contributed by atoms with van der Waals surface area (Å²) in [5, 5.41) is 0.570. The predicted molar refractivity (Wildman–Crippen MR) is 114 cm³/mol.